The van der Waals surface area contributed by atoms with Crippen molar-refractivity contribution in [1.82, 2.24) is 34.8 Å². The molecule has 0 spiro atoms. The zero-order chi connectivity index (χ0) is 24.8. The number of benzene rings is 1. The van der Waals surface area contributed by atoms with E-state index in [1.54, 1.807) is 17.2 Å². The number of hydrogen-bond donors (Lipinski definition) is 2. The molecule has 0 aliphatic carbocycles. The highest BCUT2D eigenvalue weighted by atomic mass is 16.3. The summed E-state index contributed by atoms with van der Waals surface area (Å²) in [5, 5.41) is 21.4. The molecule has 4 rings (SSSR count). The molecule has 0 saturated carbocycles. The van der Waals surface area contributed by atoms with Gasteiger partial charge in [-0.1, -0.05) is 26.0 Å². The third-order valence-electron chi connectivity index (χ3n) is 6.56. The van der Waals surface area contributed by atoms with E-state index < -0.39 is 23.6 Å². The number of aliphatic hydroxyl groups is 1. The lowest BCUT2D eigenvalue weighted by Gasteiger charge is -2.34. The number of β-amino-alcohol motifs (C(OH)–C–C–N with tert-alkyl or cyclic N) is 1. The monoisotopic (exact) mass is 467 g/mol. The minimum absolute atomic E-state index is 0.116. The Morgan fingerprint density at radius 3 is 2.62 bits per heavy atom. The fraction of sp³-hybridized carbons (Fsp3) is 0.542. The van der Waals surface area contributed by atoms with Gasteiger partial charge in [-0.15, -0.1) is 5.10 Å². The van der Waals surface area contributed by atoms with Gasteiger partial charge in [-0.2, -0.15) is 0 Å². The molecule has 0 bridgehead atoms. The quantitative estimate of drug-likeness (QED) is 0.588. The number of amides is 2. The van der Waals surface area contributed by atoms with Crippen molar-refractivity contribution in [1.29, 1.82) is 0 Å². The summed E-state index contributed by atoms with van der Waals surface area (Å²) < 4.78 is 3.60. The summed E-state index contributed by atoms with van der Waals surface area (Å²) >= 11 is 0. The molecule has 2 N–H and O–H groups in total. The second-order valence-electron chi connectivity index (χ2n) is 10.3. The van der Waals surface area contributed by atoms with E-state index >= 15 is 0 Å². The van der Waals surface area contributed by atoms with Crippen LogP contribution in [0.25, 0.3) is 11.0 Å². The number of nitrogens with one attached hydrogen (secondary N) is 1. The number of likely N-dealkylation sites (tertiary alicyclic amines) is 1. The number of likely N-dealkylation sites (N-methyl/N-ethyl adjacent to an activating group) is 1. The first-order chi connectivity index (χ1) is 16.0. The summed E-state index contributed by atoms with van der Waals surface area (Å²) in [6.45, 7) is 10.6. The van der Waals surface area contributed by atoms with Crippen molar-refractivity contribution >= 4 is 22.8 Å². The predicted octanol–water partition coefficient (Wildman–Crippen LogP) is 1.59. The van der Waals surface area contributed by atoms with Gasteiger partial charge in [0.25, 0.3) is 0 Å². The molecule has 10 heteroatoms. The lowest BCUT2D eigenvalue weighted by Crippen LogP contribution is -2.49. The second-order valence-corrected chi connectivity index (χ2v) is 10.3. The fourth-order valence-electron chi connectivity index (χ4n) is 4.64. The molecule has 182 valence electrons. The molecule has 1 saturated heterocycles. The van der Waals surface area contributed by atoms with Crippen LogP contribution in [0.2, 0.25) is 0 Å². The van der Waals surface area contributed by atoms with Crippen LogP contribution in [0.4, 0.5) is 0 Å². The Kier molecular flexibility index (Phi) is 6.20. The van der Waals surface area contributed by atoms with E-state index in [4.69, 9.17) is 0 Å². The molecule has 1 aliphatic heterocycles. The topological polar surface area (TPSA) is 118 Å². The van der Waals surface area contributed by atoms with E-state index in [9.17, 15) is 14.7 Å². The van der Waals surface area contributed by atoms with Gasteiger partial charge in [0.05, 0.1) is 36.2 Å². The fourth-order valence-corrected chi connectivity index (χ4v) is 4.64. The summed E-state index contributed by atoms with van der Waals surface area (Å²) in [4.78, 5) is 32.0. The van der Waals surface area contributed by atoms with Gasteiger partial charge in [0, 0.05) is 20.0 Å². The van der Waals surface area contributed by atoms with Gasteiger partial charge >= 0.3 is 0 Å². The van der Waals surface area contributed by atoms with E-state index in [0.717, 1.165) is 11.0 Å². The highest BCUT2D eigenvalue weighted by molar-refractivity contribution is 5.90. The molecule has 2 aromatic heterocycles. The van der Waals surface area contributed by atoms with E-state index in [1.807, 2.05) is 25.3 Å². The molecule has 2 amide bonds. The minimum atomic E-state index is -0.736. The van der Waals surface area contributed by atoms with Crippen LogP contribution in [0.15, 0.2) is 24.7 Å². The molecular formula is C24H33N7O3. The molecule has 34 heavy (non-hydrogen) atoms. The molecule has 1 aromatic carbocycles. The Bertz CT molecular complexity index is 1220. The first-order valence-electron chi connectivity index (χ1n) is 11.5. The Labute approximate surface area is 198 Å². The first kappa shape index (κ1) is 23.9. The van der Waals surface area contributed by atoms with Gasteiger partial charge < -0.3 is 19.9 Å². The van der Waals surface area contributed by atoms with Crippen LogP contribution < -0.4 is 5.32 Å². The predicted molar refractivity (Wildman–Crippen MR) is 127 cm³/mol. The van der Waals surface area contributed by atoms with Gasteiger partial charge in [0.15, 0.2) is 0 Å². The van der Waals surface area contributed by atoms with Crippen molar-refractivity contribution in [2.75, 3.05) is 13.6 Å². The van der Waals surface area contributed by atoms with Crippen LogP contribution in [-0.2, 0) is 16.1 Å². The Morgan fingerprint density at radius 2 is 1.94 bits per heavy atom. The molecule has 10 nitrogen and oxygen atoms in total. The van der Waals surface area contributed by atoms with Crippen LogP contribution in [-0.4, -0.2) is 72.1 Å². The van der Waals surface area contributed by atoms with E-state index in [1.165, 1.54) is 23.1 Å². The lowest BCUT2D eigenvalue weighted by atomic mass is 9.85. The van der Waals surface area contributed by atoms with Crippen molar-refractivity contribution in [2.45, 2.75) is 65.8 Å². The molecule has 3 aromatic rings. The summed E-state index contributed by atoms with van der Waals surface area (Å²) in [5.74, 6) is -0.539. The number of aromatic nitrogens is 5. The van der Waals surface area contributed by atoms with E-state index in [-0.39, 0.29) is 24.8 Å². The minimum Gasteiger partial charge on any atom is -0.391 e. The number of carbonyl (C=O) groups is 2. The number of rotatable bonds is 5. The maximum Gasteiger partial charge on any atom is 0.248 e. The number of nitrogens with zero attached hydrogens (tertiary/aromatic N) is 6. The molecular weight excluding hydrogens is 434 g/mol. The largest absolute Gasteiger partial charge is 0.391 e. The van der Waals surface area contributed by atoms with Crippen molar-refractivity contribution in [3.8, 4) is 0 Å². The van der Waals surface area contributed by atoms with Crippen molar-refractivity contribution in [3.05, 3.63) is 41.5 Å². The van der Waals surface area contributed by atoms with Crippen LogP contribution in [0.3, 0.4) is 0 Å². The average molecular weight is 468 g/mol. The van der Waals surface area contributed by atoms with Crippen LogP contribution in [0, 0.1) is 19.3 Å². The highest BCUT2D eigenvalue weighted by Crippen LogP contribution is 2.34. The first-order valence-corrected chi connectivity index (χ1v) is 11.5. The Balaban J connectivity index is 1.62. The molecule has 3 atom stereocenters. The number of aryl methyl sites for hydroxylation is 2. The maximum atomic E-state index is 13.7. The number of imidazole rings is 1. The molecule has 0 radical (unpaired) electrons. The summed E-state index contributed by atoms with van der Waals surface area (Å²) in [5.41, 5.74) is 4.52. The summed E-state index contributed by atoms with van der Waals surface area (Å²) in [7, 11) is 1.53. The zero-order valence-electron chi connectivity index (χ0n) is 20.6. The van der Waals surface area contributed by atoms with Crippen molar-refractivity contribution < 1.29 is 14.7 Å². The number of aliphatic hydroxyl groups excluding tert-OH is 1. The van der Waals surface area contributed by atoms with Crippen LogP contribution in [0.5, 0.6) is 0 Å². The van der Waals surface area contributed by atoms with Crippen molar-refractivity contribution in [2.24, 2.45) is 5.41 Å². The smallest absolute Gasteiger partial charge is 0.248 e. The zero-order valence-corrected chi connectivity index (χ0v) is 20.6. The number of carbonyl (C=O) groups excluding carboxylic acids is 2. The molecule has 3 heterocycles. The molecule has 1 aliphatic rings. The second kappa shape index (κ2) is 8.83. The van der Waals surface area contributed by atoms with Gasteiger partial charge in [0.1, 0.15) is 17.8 Å². The van der Waals surface area contributed by atoms with E-state index in [0.29, 0.717) is 12.2 Å². The molecule has 0 unspecified atom stereocenters. The van der Waals surface area contributed by atoms with Gasteiger partial charge in [-0.3, -0.25) is 9.59 Å². The normalized spacial score (nSPS) is 19.6. The van der Waals surface area contributed by atoms with Gasteiger partial charge in [-0.25, -0.2) is 9.67 Å². The number of hydrogen-bond acceptors (Lipinski definition) is 6. The van der Waals surface area contributed by atoms with Crippen LogP contribution >= 0.6 is 0 Å². The van der Waals surface area contributed by atoms with Crippen LogP contribution in [0.1, 0.15) is 50.1 Å². The van der Waals surface area contributed by atoms with E-state index in [2.05, 4.69) is 46.6 Å². The third-order valence-corrected chi connectivity index (χ3v) is 6.56. The van der Waals surface area contributed by atoms with Gasteiger partial charge in [-0.05, 0) is 42.5 Å². The third kappa shape index (κ3) is 4.42. The van der Waals surface area contributed by atoms with Crippen molar-refractivity contribution in [3.63, 3.8) is 0 Å². The standard InChI is InChI=1S/C24H33N7O3/c1-14-7-18-19(8-15(14)2)29(13-26-18)10-16-11-31(28-27-16)21(24(3,4)5)23(34)30-12-17(32)9-20(30)22(33)25-6/h7-8,11,13,17,20-21,32H,9-10,12H2,1-6H3,(H,25,33)/t17-,20+,21-/m1/s1. The highest BCUT2D eigenvalue weighted by Gasteiger charge is 2.45. The SMILES string of the molecule is CNC(=O)[C@@H]1C[C@@H](O)CN1C(=O)[C@@H](n1cc(Cn2cnc3cc(C)c(C)cc32)nn1)C(C)(C)C. The Hall–Kier alpha value is -3.27. The Morgan fingerprint density at radius 1 is 1.24 bits per heavy atom. The maximum absolute atomic E-state index is 13.7. The lowest BCUT2D eigenvalue weighted by molar-refractivity contribution is -0.144. The van der Waals surface area contributed by atoms with Gasteiger partial charge in [0.2, 0.25) is 11.8 Å². The molecule has 1 fully saturated rings. The number of fused-ring (bicyclic) bond motifs is 1. The summed E-state index contributed by atoms with van der Waals surface area (Å²) in [6, 6.07) is 2.79. The summed E-state index contributed by atoms with van der Waals surface area (Å²) in [6.07, 6.45) is 3.05. The average Bonchev–Trinajstić information content (AvgIpc) is 3.47.